The van der Waals surface area contributed by atoms with Crippen LogP contribution in [0, 0.1) is 0 Å². The monoisotopic (exact) mass is 334 g/mol. The number of aromatic nitrogens is 5. The summed E-state index contributed by atoms with van der Waals surface area (Å²) in [7, 11) is 0. The molecule has 4 aromatic rings. The van der Waals surface area contributed by atoms with Crippen molar-refractivity contribution < 1.29 is 0 Å². The molecule has 1 N–H and O–H groups in total. The Hall–Kier alpha value is -3.06. The first kappa shape index (κ1) is 14.5. The van der Waals surface area contributed by atoms with E-state index < -0.39 is 0 Å². The summed E-state index contributed by atoms with van der Waals surface area (Å²) in [5.74, 6) is 0. The molecular formula is C17H14N6S. The lowest BCUT2D eigenvalue weighted by atomic mass is 10.3. The summed E-state index contributed by atoms with van der Waals surface area (Å²) >= 11 is 1.61. The Labute approximate surface area is 142 Å². The van der Waals surface area contributed by atoms with Crippen LogP contribution in [0.15, 0.2) is 66.4 Å². The van der Waals surface area contributed by atoms with Crippen LogP contribution in [0.25, 0.3) is 16.4 Å². The molecule has 0 atom stereocenters. The Morgan fingerprint density at radius 3 is 2.71 bits per heavy atom. The highest BCUT2D eigenvalue weighted by Crippen LogP contribution is 2.22. The second-order valence-electron chi connectivity index (χ2n) is 5.11. The fourth-order valence-electron chi connectivity index (χ4n) is 2.27. The maximum atomic E-state index is 4.62. The number of hydrogen-bond acceptors (Lipinski definition) is 6. The summed E-state index contributed by atoms with van der Waals surface area (Å²) in [5.41, 5.74) is 3.92. The van der Waals surface area contributed by atoms with Crippen molar-refractivity contribution in [3.05, 3.63) is 72.1 Å². The molecule has 0 saturated carbocycles. The van der Waals surface area contributed by atoms with E-state index in [1.165, 1.54) is 0 Å². The Balaban J connectivity index is 1.41. The predicted molar refractivity (Wildman–Crippen MR) is 94.0 cm³/mol. The average molecular weight is 334 g/mol. The largest absolute Gasteiger partial charge is 0.379 e. The Bertz CT molecular complexity index is 900. The van der Waals surface area contributed by atoms with Gasteiger partial charge in [0, 0.05) is 17.3 Å². The number of thiazole rings is 1. The van der Waals surface area contributed by atoms with Crippen LogP contribution in [-0.4, -0.2) is 25.0 Å². The standard InChI is InChI=1S/C17H14N6S/c1-2-8-18-16(3-1)17-21-14(12-24-17)11-19-13-4-6-15(7-5-13)23-10-9-20-22-23/h1-10,12,19H,11H2. The Morgan fingerprint density at radius 1 is 1.04 bits per heavy atom. The lowest BCUT2D eigenvalue weighted by Gasteiger charge is -2.06. The van der Waals surface area contributed by atoms with E-state index in [2.05, 4.69) is 31.0 Å². The van der Waals surface area contributed by atoms with Crippen LogP contribution in [0.2, 0.25) is 0 Å². The predicted octanol–water partition coefficient (Wildman–Crippen LogP) is 3.40. The summed E-state index contributed by atoms with van der Waals surface area (Å²) in [6, 6.07) is 13.9. The van der Waals surface area contributed by atoms with Crippen LogP contribution >= 0.6 is 11.3 Å². The van der Waals surface area contributed by atoms with Gasteiger partial charge in [-0.2, -0.15) is 0 Å². The van der Waals surface area contributed by atoms with E-state index in [4.69, 9.17) is 0 Å². The van der Waals surface area contributed by atoms with Gasteiger partial charge in [-0.15, -0.1) is 16.4 Å². The fraction of sp³-hybridized carbons (Fsp3) is 0.0588. The minimum atomic E-state index is 0.673. The molecule has 0 saturated heterocycles. The van der Waals surface area contributed by atoms with E-state index in [1.54, 1.807) is 28.4 Å². The summed E-state index contributed by atoms with van der Waals surface area (Å²) < 4.78 is 1.73. The van der Waals surface area contributed by atoms with Gasteiger partial charge in [0.15, 0.2) is 0 Å². The Kier molecular flexibility index (Phi) is 3.99. The highest BCUT2D eigenvalue weighted by atomic mass is 32.1. The quantitative estimate of drug-likeness (QED) is 0.606. The molecule has 0 unspecified atom stereocenters. The van der Waals surface area contributed by atoms with Gasteiger partial charge in [0.05, 0.1) is 36.0 Å². The van der Waals surface area contributed by atoms with Gasteiger partial charge >= 0.3 is 0 Å². The van der Waals surface area contributed by atoms with Crippen molar-refractivity contribution in [2.24, 2.45) is 0 Å². The van der Waals surface area contributed by atoms with Gasteiger partial charge in [-0.3, -0.25) is 4.98 Å². The van der Waals surface area contributed by atoms with E-state index in [0.717, 1.165) is 27.8 Å². The SMILES string of the molecule is c1ccc(-c2nc(CNc3ccc(-n4ccnn4)cc3)cs2)nc1. The number of benzene rings is 1. The molecule has 0 aliphatic rings. The zero-order valence-electron chi connectivity index (χ0n) is 12.7. The van der Waals surface area contributed by atoms with Crippen LogP contribution in [-0.2, 0) is 6.54 Å². The molecule has 7 heteroatoms. The molecule has 0 bridgehead atoms. The number of pyridine rings is 1. The molecule has 1 aromatic carbocycles. The van der Waals surface area contributed by atoms with Gasteiger partial charge in [-0.1, -0.05) is 11.3 Å². The Morgan fingerprint density at radius 2 is 1.96 bits per heavy atom. The third-order valence-electron chi connectivity index (χ3n) is 3.46. The molecule has 0 radical (unpaired) electrons. The van der Waals surface area contributed by atoms with Gasteiger partial charge in [0.25, 0.3) is 0 Å². The third kappa shape index (κ3) is 3.16. The molecule has 0 aliphatic carbocycles. The van der Waals surface area contributed by atoms with E-state index in [0.29, 0.717) is 6.54 Å². The molecule has 0 aliphatic heterocycles. The van der Waals surface area contributed by atoms with E-state index >= 15 is 0 Å². The molecule has 3 aromatic heterocycles. The van der Waals surface area contributed by atoms with Gasteiger partial charge in [-0.25, -0.2) is 9.67 Å². The third-order valence-corrected chi connectivity index (χ3v) is 4.38. The summed E-state index contributed by atoms with van der Waals surface area (Å²) in [6.45, 7) is 0.673. The lowest BCUT2D eigenvalue weighted by Crippen LogP contribution is -2.00. The molecule has 0 spiro atoms. The molecule has 6 nitrogen and oxygen atoms in total. The van der Waals surface area contributed by atoms with Gasteiger partial charge < -0.3 is 5.32 Å². The molecule has 118 valence electrons. The number of anilines is 1. The number of nitrogens with one attached hydrogen (secondary N) is 1. The van der Waals surface area contributed by atoms with Crippen molar-refractivity contribution in [2.45, 2.75) is 6.54 Å². The number of rotatable bonds is 5. The number of hydrogen-bond donors (Lipinski definition) is 1. The first-order chi connectivity index (χ1) is 11.9. The van der Waals surface area contributed by atoms with Crippen molar-refractivity contribution in [1.82, 2.24) is 25.0 Å². The maximum Gasteiger partial charge on any atom is 0.142 e. The van der Waals surface area contributed by atoms with Gasteiger partial charge in [0.2, 0.25) is 0 Å². The first-order valence-corrected chi connectivity index (χ1v) is 8.33. The topological polar surface area (TPSA) is 68.5 Å². The van der Waals surface area contributed by atoms with Crippen molar-refractivity contribution in [3.63, 3.8) is 0 Å². The van der Waals surface area contributed by atoms with Crippen LogP contribution in [0.4, 0.5) is 5.69 Å². The normalized spacial score (nSPS) is 10.7. The van der Waals surface area contributed by atoms with Crippen LogP contribution in [0.5, 0.6) is 0 Å². The lowest BCUT2D eigenvalue weighted by molar-refractivity contribution is 0.803. The highest BCUT2D eigenvalue weighted by Gasteiger charge is 2.05. The molecule has 0 amide bonds. The zero-order valence-corrected chi connectivity index (χ0v) is 13.5. The second-order valence-corrected chi connectivity index (χ2v) is 5.97. The van der Waals surface area contributed by atoms with E-state index in [-0.39, 0.29) is 0 Å². The minimum absolute atomic E-state index is 0.673. The highest BCUT2D eigenvalue weighted by molar-refractivity contribution is 7.13. The summed E-state index contributed by atoms with van der Waals surface area (Å²) in [4.78, 5) is 8.95. The van der Waals surface area contributed by atoms with Gasteiger partial charge in [0.1, 0.15) is 5.01 Å². The number of nitrogens with zero attached hydrogens (tertiary/aromatic N) is 5. The van der Waals surface area contributed by atoms with Crippen LogP contribution < -0.4 is 5.32 Å². The van der Waals surface area contributed by atoms with E-state index in [9.17, 15) is 0 Å². The molecule has 24 heavy (non-hydrogen) atoms. The van der Waals surface area contributed by atoms with Gasteiger partial charge in [-0.05, 0) is 36.4 Å². The smallest absolute Gasteiger partial charge is 0.142 e. The van der Waals surface area contributed by atoms with Crippen LogP contribution in [0.3, 0.4) is 0 Å². The van der Waals surface area contributed by atoms with Crippen molar-refractivity contribution in [1.29, 1.82) is 0 Å². The summed E-state index contributed by atoms with van der Waals surface area (Å²) in [6.07, 6.45) is 5.26. The molecule has 0 fully saturated rings. The second kappa shape index (κ2) is 6.59. The minimum Gasteiger partial charge on any atom is -0.379 e. The van der Waals surface area contributed by atoms with Crippen molar-refractivity contribution >= 4 is 17.0 Å². The summed E-state index contributed by atoms with van der Waals surface area (Å²) in [5, 5.41) is 14.2. The first-order valence-electron chi connectivity index (χ1n) is 7.45. The maximum absolute atomic E-state index is 4.62. The average Bonchev–Trinajstić information content (AvgIpc) is 3.33. The van der Waals surface area contributed by atoms with Crippen molar-refractivity contribution in [2.75, 3.05) is 5.32 Å². The molecular weight excluding hydrogens is 320 g/mol. The zero-order chi connectivity index (χ0) is 16.2. The van der Waals surface area contributed by atoms with E-state index in [1.807, 2.05) is 48.7 Å². The molecule has 3 heterocycles. The molecule has 4 rings (SSSR count). The van der Waals surface area contributed by atoms with Crippen LogP contribution in [0.1, 0.15) is 5.69 Å². The van der Waals surface area contributed by atoms with Crippen molar-refractivity contribution in [3.8, 4) is 16.4 Å². The fourth-order valence-corrected chi connectivity index (χ4v) is 3.06.